The summed E-state index contributed by atoms with van der Waals surface area (Å²) in [6, 6.07) is 6.44. The van der Waals surface area contributed by atoms with E-state index >= 15 is 0 Å². The number of alkyl halides is 3. The molecule has 0 spiro atoms. The van der Waals surface area contributed by atoms with E-state index in [1.165, 1.54) is 23.0 Å². The molecule has 12 heteroatoms. The number of hydrogen-bond donors (Lipinski definition) is 1. The van der Waals surface area contributed by atoms with E-state index in [1.807, 2.05) is 0 Å². The van der Waals surface area contributed by atoms with Crippen LogP contribution in [0.4, 0.5) is 17.6 Å². The molecular formula is C19H12F4N4O4. The minimum absolute atomic E-state index is 0.125. The van der Waals surface area contributed by atoms with E-state index in [0.717, 1.165) is 12.1 Å². The number of amides is 1. The van der Waals surface area contributed by atoms with E-state index in [9.17, 15) is 27.2 Å². The molecule has 1 amide bonds. The molecule has 0 unspecified atom stereocenters. The van der Waals surface area contributed by atoms with Crippen molar-refractivity contribution in [1.82, 2.24) is 19.9 Å². The average Bonchev–Trinajstić information content (AvgIpc) is 3.33. The number of carbonyl (C=O) groups is 2. The molecule has 4 aromatic rings. The Morgan fingerprint density at radius 2 is 2.03 bits per heavy atom. The number of furan rings is 1. The molecule has 3 heterocycles. The summed E-state index contributed by atoms with van der Waals surface area (Å²) in [5, 5.41) is 6.72. The van der Waals surface area contributed by atoms with E-state index in [1.54, 1.807) is 12.1 Å². The summed E-state index contributed by atoms with van der Waals surface area (Å²) in [6.07, 6.45) is -1.91. The Balaban J connectivity index is 1.54. The minimum atomic E-state index is -4.73. The van der Waals surface area contributed by atoms with Crippen LogP contribution in [0.25, 0.3) is 16.6 Å². The average molecular weight is 436 g/mol. The van der Waals surface area contributed by atoms with Crippen molar-refractivity contribution < 1.29 is 36.3 Å². The van der Waals surface area contributed by atoms with Gasteiger partial charge in [-0.25, -0.2) is 18.7 Å². The fourth-order valence-electron chi connectivity index (χ4n) is 2.88. The maximum Gasteiger partial charge on any atom is 0.422 e. The van der Waals surface area contributed by atoms with Crippen LogP contribution >= 0.6 is 0 Å². The number of nitrogens with zero attached hydrogens (tertiary/aromatic N) is 3. The Bertz CT molecular complexity index is 1300. The highest BCUT2D eigenvalue weighted by atomic mass is 19.4. The highest BCUT2D eigenvalue weighted by Gasteiger charge is 2.30. The fraction of sp³-hybridized carbons (Fsp3) is 0.158. The number of benzene rings is 1. The van der Waals surface area contributed by atoms with Crippen LogP contribution in [0.3, 0.4) is 0 Å². The Hall–Kier alpha value is -3.96. The first kappa shape index (κ1) is 20.3. The Kier molecular flexibility index (Phi) is 5.05. The molecule has 0 bridgehead atoms. The molecule has 4 rings (SSSR count). The highest BCUT2D eigenvalue weighted by molar-refractivity contribution is 6.02. The molecule has 3 aromatic heterocycles. The van der Waals surface area contributed by atoms with Gasteiger partial charge in [-0.2, -0.15) is 18.3 Å². The molecule has 0 saturated heterocycles. The van der Waals surface area contributed by atoms with E-state index in [4.69, 9.17) is 4.42 Å². The number of ether oxygens (including phenoxy) is 1. The SMILES string of the molecule is O=C(OCC(F)(F)F)c1cc(F)cc2cc(CNC(=O)c3cnc4cccnn34)oc12. The second-order valence-corrected chi connectivity index (χ2v) is 6.40. The number of rotatable bonds is 5. The van der Waals surface area contributed by atoms with Crippen LogP contribution in [-0.2, 0) is 11.3 Å². The number of imidazole rings is 1. The standard InChI is InChI=1S/C19H12F4N4O4/c20-11-4-10-5-12(31-16(10)13(6-11)18(29)30-9-19(21,22)23)7-25-17(28)14-8-24-15-2-1-3-26-27(14)15/h1-6,8H,7,9H2,(H,25,28). The maximum absolute atomic E-state index is 13.8. The first-order chi connectivity index (χ1) is 14.7. The number of esters is 1. The van der Waals surface area contributed by atoms with Gasteiger partial charge in [-0.1, -0.05) is 0 Å². The molecule has 1 aromatic carbocycles. The van der Waals surface area contributed by atoms with Crippen molar-refractivity contribution in [2.24, 2.45) is 0 Å². The molecule has 0 aliphatic rings. The summed E-state index contributed by atoms with van der Waals surface area (Å²) in [5.41, 5.74) is -0.0276. The number of carbonyl (C=O) groups excluding carboxylic acids is 2. The first-order valence-corrected chi connectivity index (χ1v) is 8.74. The molecule has 0 aliphatic carbocycles. The van der Waals surface area contributed by atoms with Gasteiger partial charge in [0.25, 0.3) is 5.91 Å². The van der Waals surface area contributed by atoms with Crippen molar-refractivity contribution in [3.8, 4) is 0 Å². The largest absolute Gasteiger partial charge is 0.458 e. The summed E-state index contributed by atoms with van der Waals surface area (Å²) in [6.45, 7) is -1.97. The quantitative estimate of drug-likeness (QED) is 0.381. The van der Waals surface area contributed by atoms with Crippen LogP contribution in [-0.4, -0.2) is 39.3 Å². The van der Waals surface area contributed by atoms with Crippen molar-refractivity contribution in [1.29, 1.82) is 0 Å². The lowest BCUT2D eigenvalue weighted by Crippen LogP contribution is -2.24. The third-order valence-electron chi connectivity index (χ3n) is 4.15. The minimum Gasteiger partial charge on any atom is -0.458 e. The summed E-state index contributed by atoms with van der Waals surface area (Å²) in [4.78, 5) is 28.4. The van der Waals surface area contributed by atoms with Gasteiger partial charge in [-0.05, 0) is 30.3 Å². The third kappa shape index (κ3) is 4.32. The van der Waals surface area contributed by atoms with Crippen molar-refractivity contribution in [2.75, 3.05) is 6.61 Å². The highest BCUT2D eigenvalue weighted by Crippen LogP contribution is 2.26. The summed E-state index contributed by atoms with van der Waals surface area (Å²) >= 11 is 0. The van der Waals surface area contributed by atoms with Crippen molar-refractivity contribution in [2.45, 2.75) is 12.7 Å². The Morgan fingerprint density at radius 3 is 2.81 bits per heavy atom. The lowest BCUT2D eigenvalue weighted by molar-refractivity contribution is -0.161. The molecule has 0 radical (unpaired) electrons. The lowest BCUT2D eigenvalue weighted by atomic mass is 10.1. The summed E-state index contributed by atoms with van der Waals surface area (Å²) in [5.74, 6) is -2.63. The van der Waals surface area contributed by atoms with E-state index in [2.05, 4.69) is 20.1 Å². The van der Waals surface area contributed by atoms with Gasteiger partial charge in [0, 0.05) is 11.6 Å². The number of fused-ring (bicyclic) bond motifs is 2. The zero-order chi connectivity index (χ0) is 22.2. The molecule has 31 heavy (non-hydrogen) atoms. The number of nitrogens with one attached hydrogen (secondary N) is 1. The molecule has 0 atom stereocenters. The number of halogens is 4. The molecule has 8 nitrogen and oxygen atoms in total. The predicted molar refractivity (Wildman–Crippen MR) is 96.7 cm³/mol. The van der Waals surface area contributed by atoms with E-state index in [0.29, 0.717) is 5.65 Å². The first-order valence-electron chi connectivity index (χ1n) is 8.74. The lowest BCUT2D eigenvalue weighted by Gasteiger charge is -2.08. The zero-order valence-corrected chi connectivity index (χ0v) is 15.4. The fourth-order valence-corrected chi connectivity index (χ4v) is 2.88. The number of hydrogen-bond acceptors (Lipinski definition) is 6. The molecule has 160 valence electrons. The number of aromatic nitrogens is 3. The summed E-state index contributed by atoms with van der Waals surface area (Å²) < 4.78 is 61.7. The van der Waals surface area contributed by atoms with Gasteiger partial charge in [0.1, 0.15) is 28.4 Å². The van der Waals surface area contributed by atoms with Crippen molar-refractivity contribution in [3.05, 3.63) is 65.6 Å². The zero-order valence-electron chi connectivity index (χ0n) is 15.4. The van der Waals surface area contributed by atoms with E-state index < -0.39 is 36.0 Å². The van der Waals surface area contributed by atoms with E-state index in [-0.39, 0.29) is 29.0 Å². The second-order valence-electron chi connectivity index (χ2n) is 6.40. The molecule has 0 aliphatic heterocycles. The smallest absolute Gasteiger partial charge is 0.422 e. The van der Waals surface area contributed by atoms with Gasteiger partial charge >= 0.3 is 12.1 Å². The van der Waals surface area contributed by atoms with Gasteiger partial charge in [-0.15, -0.1) is 0 Å². The van der Waals surface area contributed by atoms with Crippen LogP contribution in [0.5, 0.6) is 0 Å². The second kappa shape index (κ2) is 7.70. The summed E-state index contributed by atoms with van der Waals surface area (Å²) in [7, 11) is 0. The third-order valence-corrected chi connectivity index (χ3v) is 4.15. The monoisotopic (exact) mass is 436 g/mol. The Labute approximate surface area is 170 Å². The van der Waals surface area contributed by atoms with Gasteiger partial charge in [-0.3, -0.25) is 4.79 Å². The van der Waals surface area contributed by atoms with Crippen LogP contribution in [0.2, 0.25) is 0 Å². The molecule has 0 fully saturated rings. The molecular weight excluding hydrogens is 424 g/mol. The Morgan fingerprint density at radius 1 is 1.23 bits per heavy atom. The van der Waals surface area contributed by atoms with Crippen molar-refractivity contribution >= 4 is 28.5 Å². The topological polar surface area (TPSA) is 98.7 Å². The van der Waals surface area contributed by atoms with Crippen LogP contribution < -0.4 is 5.32 Å². The van der Waals surface area contributed by atoms with Gasteiger partial charge in [0.15, 0.2) is 12.3 Å². The van der Waals surface area contributed by atoms with Crippen molar-refractivity contribution in [3.63, 3.8) is 0 Å². The van der Waals surface area contributed by atoms with Crippen LogP contribution in [0, 0.1) is 5.82 Å². The van der Waals surface area contributed by atoms with Gasteiger partial charge in [0.2, 0.25) is 0 Å². The van der Waals surface area contributed by atoms with Crippen LogP contribution in [0.15, 0.2) is 47.1 Å². The van der Waals surface area contributed by atoms with Gasteiger partial charge in [0.05, 0.1) is 12.7 Å². The van der Waals surface area contributed by atoms with Gasteiger partial charge < -0.3 is 14.5 Å². The van der Waals surface area contributed by atoms with Crippen LogP contribution in [0.1, 0.15) is 26.6 Å². The molecule has 1 N–H and O–H groups in total. The predicted octanol–water partition coefficient (Wildman–Crippen LogP) is 3.26. The molecule has 0 saturated carbocycles. The maximum atomic E-state index is 13.8. The normalized spacial score (nSPS) is 11.7.